The first-order valence-electron chi connectivity index (χ1n) is 5.89. The van der Waals surface area contributed by atoms with E-state index in [0.29, 0.717) is 0 Å². The Morgan fingerprint density at radius 3 is 2.89 bits per heavy atom. The van der Waals surface area contributed by atoms with Crippen LogP contribution in [0.15, 0.2) is 30.3 Å². The molecule has 0 spiro atoms. The van der Waals surface area contributed by atoms with E-state index in [1.165, 1.54) is 9.75 Å². The summed E-state index contributed by atoms with van der Waals surface area (Å²) in [5.74, 6) is 0. The number of thiophene rings is 1. The number of anilines is 1. The van der Waals surface area contributed by atoms with Crippen LogP contribution < -0.4 is 5.32 Å². The number of hydrogen-bond donors (Lipinski definition) is 1. The Bertz CT molecular complexity index is 659. The summed E-state index contributed by atoms with van der Waals surface area (Å²) < 4.78 is 8.86. The van der Waals surface area contributed by atoms with Gasteiger partial charge in [-0.1, -0.05) is 0 Å². The van der Waals surface area contributed by atoms with Crippen LogP contribution in [-0.4, -0.2) is 22.9 Å². The average molecular weight is 322 g/mol. The summed E-state index contributed by atoms with van der Waals surface area (Å²) in [4.78, 5) is 2.80. The van der Waals surface area contributed by atoms with E-state index >= 15 is 0 Å². The minimum absolute atomic E-state index is 0.0401. The van der Waals surface area contributed by atoms with E-state index in [9.17, 15) is 0 Å². The number of fused-ring (bicyclic) bond motifs is 1. The van der Waals surface area contributed by atoms with E-state index in [1.807, 2.05) is 23.5 Å². The van der Waals surface area contributed by atoms with Gasteiger partial charge in [0.05, 0.1) is 0 Å². The van der Waals surface area contributed by atoms with Crippen LogP contribution >= 0.6 is 11.3 Å². The fourth-order valence-corrected chi connectivity index (χ4v) is 3.89. The number of nitrogens with zero attached hydrogens (tertiary/aromatic N) is 2. The monoisotopic (exact) mass is 323 g/mol. The fraction of sp³-hybridized carbons (Fsp3) is 0.231. The summed E-state index contributed by atoms with van der Waals surface area (Å²) in [6.07, 6.45) is 1.11. The molecule has 0 saturated heterocycles. The quantitative estimate of drug-likeness (QED) is 0.751. The van der Waals surface area contributed by atoms with Crippen LogP contribution in [0.3, 0.4) is 0 Å². The maximum atomic E-state index is 4.47. The molecule has 0 amide bonds. The molecule has 0 aliphatic heterocycles. The van der Waals surface area contributed by atoms with E-state index < -0.39 is 0 Å². The van der Waals surface area contributed by atoms with Gasteiger partial charge in [-0.15, -0.1) is 0 Å². The van der Waals surface area contributed by atoms with Crippen molar-refractivity contribution in [2.75, 3.05) is 5.32 Å². The van der Waals surface area contributed by atoms with Gasteiger partial charge < -0.3 is 0 Å². The molecule has 3 nitrogen and oxygen atoms in total. The van der Waals surface area contributed by atoms with Gasteiger partial charge in [0.1, 0.15) is 0 Å². The number of hydrogen-bond acceptors (Lipinski definition) is 4. The summed E-state index contributed by atoms with van der Waals surface area (Å²) in [5.41, 5.74) is 3.16. The first-order valence-corrected chi connectivity index (χ1v) is 8.24. The van der Waals surface area contributed by atoms with Gasteiger partial charge in [0, 0.05) is 0 Å². The van der Waals surface area contributed by atoms with Crippen molar-refractivity contribution in [2.24, 2.45) is 0 Å². The van der Waals surface area contributed by atoms with Crippen LogP contribution in [0, 0.1) is 0 Å². The van der Waals surface area contributed by atoms with Crippen LogP contribution in [0.4, 0.5) is 5.69 Å². The summed E-state index contributed by atoms with van der Waals surface area (Å²) >= 11 is 1.91. The van der Waals surface area contributed by atoms with E-state index in [1.54, 1.807) is 0 Å². The van der Waals surface area contributed by atoms with Gasteiger partial charge in [0.15, 0.2) is 0 Å². The van der Waals surface area contributed by atoms with Crippen LogP contribution in [-0.2, 0) is 13.0 Å². The Morgan fingerprint density at radius 1 is 1.17 bits per heavy atom. The molecule has 2 heterocycles. The SMILES string of the molecule is CCc1ccc(CNc2cccc3n[se]nc23)s1. The number of aromatic nitrogens is 2. The van der Waals surface area contributed by atoms with Crippen molar-refractivity contribution in [2.45, 2.75) is 19.9 Å². The molecule has 0 atom stereocenters. The van der Waals surface area contributed by atoms with Crippen molar-refractivity contribution in [3.8, 4) is 0 Å². The fourth-order valence-electron chi connectivity index (χ4n) is 1.84. The van der Waals surface area contributed by atoms with Gasteiger partial charge in [-0.2, -0.15) is 0 Å². The van der Waals surface area contributed by atoms with Crippen molar-refractivity contribution >= 4 is 43.0 Å². The molecular weight excluding hydrogens is 309 g/mol. The molecule has 0 saturated carbocycles. The van der Waals surface area contributed by atoms with Crippen molar-refractivity contribution in [3.63, 3.8) is 0 Å². The van der Waals surface area contributed by atoms with Gasteiger partial charge in [0.2, 0.25) is 0 Å². The Morgan fingerprint density at radius 2 is 2.06 bits per heavy atom. The third kappa shape index (κ3) is 2.34. The number of aryl methyl sites for hydroxylation is 1. The maximum absolute atomic E-state index is 4.47. The third-order valence-corrected chi connectivity index (χ3v) is 5.17. The van der Waals surface area contributed by atoms with Crippen LogP contribution in [0.1, 0.15) is 16.7 Å². The zero-order valence-electron chi connectivity index (χ0n) is 10.0. The summed E-state index contributed by atoms with van der Waals surface area (Å²) in [6, 6.07) is 10.5. The number of benzene rings is 1. The Labute approximate surface area is 116 Å². The second-order valence-corrected chi connectivity index (χ2v) is 6.37. The second-order valence-electron chi connectivity index (χ2n) is 4.01. The first kappa shape index (κ1) is 11.9. The third-order valence-electron chi connectivity index (χ3n) is 2.80. The van der Waals surface area contributed by atoms with Gasteiger partial charge in [-0.05, 0) is 0 Å². The minimum atomic E-state index is 0.0401. The van der Waals surface area contributed by atoms with Crippen LogP contribution in [0.5, 0.6) is 0 Å². The van der Waals surface area contributed by atoms with E-state index in [0.717, 1.165) is 29.7 Å². The molecule has 18 heavy (non-hydrogen) atoms. The van der Waals surface area contributed by atoms with Crippen molar-refractivity contribution < 1.29 is 0 Å². The Kier molecular flexibility index (Phi) is 3.45. The van der Waals surface area contributed by atoms with E-state index in [2.05, 4.69) is 38.4 Å². The molecule has 3 rings (SSSR count). The van der Waals surface area contributed by atoms with Gasteiger partial charge in [0.25, 0.3) is 0 Å². The topological polar surface area (TPSA) is 37.8 Å². The molecule has 92 valence electrons. The predicted molar refractivity (Wildman–Crippen MR) is 77.5 cm³/mol. The summed E-state index contributed by atoms with van der Waals surface area (Å²) in [7, 11) is 0. The van der Waals surface area contributed by atoms with Crippen molar-refractivity contribution in [1.29, 1.82) is 0 Å². The standard InChI is InChI=1S/C13H13N3SSe/c1-2-9-6-7-10(17-9)8-14-11-4-3-5-12-13(11)16-18-15-12/h3-7,14H,2,8H2,1H3. The molecule has 2 aromatic heterocycles. The molecule has 0 bridgehead atoms. The van der Waals surface area contributed by atoms with Gasteiger partial charge >= 0.3 is 116 Å². The molecular formula is C13H13N3SSe. The van der Waals surface area contributed by atoms with Crippen molar-refractivity contribution in [3.05, 3.63) is 40.1 Å². The Balaban J connectivity index is 1.78. The molecule has 0 radical (unpaired) electrons. The molecule has 1 N–H and O–H groups in total. The van der Waals surface area contributed by atoms with E-state index in [-0.39, 0.29) is 15.0 Å². The molecule has 5 heteroatoms. The molecule has 0 fully saturated rings. The zero-order valence-corrected chi connectivity index (χ0v) is 12.5. The van der Waals surface area contributed by atoms with Gasteiger partial charge in [-0.3, -0.25) is 0 Å². The average Bonchev–Trinajstić information content (AvgIpc) is 3.05. The molecule has 0 aliphatic rings. The predicted octanol–water partition coefficient (Wildman–Crippen LogP) is 2.92. The van der Waals surface area contributed by atoms with Crippen molar-refractivity contribution in [1.82, 2.24) is 7.96 Å². The normalized spacial score (nSPS) is 10.9. The Hall–Kier alpha value is -1.16. The zero-order chi connectivity index (χ0) is 12.4. The van der Waals surface area contributed by atoms with Crippen LogP contribution in [0.2, 0.25) is 0 Å². The van der Waals surface area contributed by atoms with Gasteiger partial charge in [-0.25, -0.2) is 0 Å². The first-order chi connectivity index (χ1) is 8.86. The van der Waals surface area contributed by atoms with E-state index in [4.69, 9.17) is 0 Å². The summed E-state index contributed by atoms with van der Waals surface area (Å²) in [6.45, 7) is 3.05. The number of rotatable bonds is 4. The molecule has 0 unspecified atom stereocenters. The van der Waals surface area contributed by atoms with Crippen LogP contribution in [0.25, 0.3) is 11.0 Å². The summed E-state index contributed by atoms with van der Waals surface area (Å²) in [5, 5.41) is 3.47. The molecule has 3 aromatic rings. The second kappa shape index (κ2) is 5.22. The molecule has 1 aromatic carbocycles. The molecule has 0 aliphatic carbocycles. The number of nitrogens with one attached hydrogen (secondary N) is 1.